The molecule has 1 aromatic carbocycles. The summed E-state index contributed by atoms with van der Waals surface area (Å²) in [5.74, 6) is -2.16. The van der Waals surface area contributed by atoms with Crippen LogP contribution in [0.15, 0.2) is 24.3 Å². The van der Waals surface area contributed by atoms with Gasteiger partial charge in [0.2, 0.25) is 5.91 Å². The number of carbonyl (C=O) groups is 4. The second-order valence-corrected chi connectivity index (χ2v) is 7.10. The number of carbonyl (C=O) groups excluding carboxylic acids is 4. The van der Waals surface area contributed by atoms with E-state index >= 15 is 0 Å². The van der Waals surface area contributed by atoms with Crippen LogP contribution in [0, 0.1) is 0 Å². The molecular weight excluding hydrogens is 358 g/mol. The minimum atomic E-state index is -0.921. The molecule has 138 valence electrons. The van der Waals surface area contributed by atoms with Gasteiger partial charge in [-0.25, -0.2) is 9.69 Å². The number of urea groups is 1. The second-order valence-electron chi connectivity index (χ2n) is 6.66. The molecule has 0 radical (unpaired) electrons. The molecule has 2 aliphatic rings. The van der Waals surface area contributed by atoms with Crippen molar-refractivity contribution in [2.45, 2.75) is 38.3 Å². The molecule has 8 heteroatoms. The maximum atomic E-state index is 12.5. The fraction of sp³-hybridized carbons (Fsp3) is 0.444. The molecule has 1 aromatic rings. The van der Waals surface area contributed by atoms with Gasteiger partial charge in [-0.15, -0.1) is 0 Å². The Labute approximate surface area is 156 Å². The summed E-state index contributed by atoms with van der Waals surface area (Å²) in [5, 5.41) is 0.599. The van der Waals surface area contributed by atoms with Gasteiger partial charge in [0.1, 0.15) is 6.54 Å². The third-order valence-corrected chi connectivity index (χ3v) is 5.08. The maximum Gasteiger partial charge on any atom is 0.334 e. The molecule has 1 heterocycles. The van der Waals surface area contributed by atoms with Crippen LogP contribution in [0.3, 0.4) is 0 Å². The molecule has 26 heavy (non-hydrogen) atoms. The number of benzene rings is 1. The first-order valence-electron chi connectivity index (χ1n) is 8.56. The van der Waals surface area contributed by atoms with E-state index in [4.69, 9.17) is 11.6 Å². The number of imide groups is 2. The highest BCUT2D eigenvalue weighted by molar-refractivity contribution is 6.45. The quantitative estimate of drug-likeness (QED) is 0.581. The van der Waals surface area contributed by atoms with Gasteiger partial charge in [0, 0.05) is 24.7 Å². The lowest BCUT2D eigenvalue weighted by Gasteiger charge is -2.22. The van der Waals surface area contributed by atoms with E-state index in [1.54, 1.807) is 31.3 Å². The smallest absolute Gasteiger partial charge is 0.334 e. The van der Waals surface area contributed by atoms with Crippen LogP contribution in [0.2, 0.25) is 5.02 Å². The minimum absolute atomic E-state index is 0.231. The van der Waals surface area contributed by atoms with Crippen LogP contribution in [0.5, 0.6) is 0 Å². The van der Waals surface area contributed by atoms with Crippen LogP contribution >= 0.6 is 11.6 Å². The summed E-state index contributed by atoms with van der Waals surface area (Å²) in [6.45, 7) is -0.122. The highest BCUT2D eigenvalue weighted by Gasteiger charge is 2.48. The Morgan fingerprint density at radius 1 is 1.12 bits per heavy atom. The predicted octanol–water partition coefficient (Wildman–Crippen LogP) is 2.03. The predicted molar refractivity (Wildman–Crippen MR) is 94.1 cm³/mol. The number of amides is 5. The molecule has 0 unspecified atom stereocenters. The van der Waals surface area contributed by atoms with Crippen molar-refractivity contribution < 1.29 is 19.2 Å². The summed E-state index contributed by atoms with van der Waals surface area (Å²) in [6.07, 6.45) is 3.28. The van der Waals surface area contributed by atoms with Crippen molar-refractivity contribution in [3.05, 3.63) is 34.9 Å². The second kappa shape index (κ2) is 7.45. The lowest BCUT2D eigenvalue weighted by Crippen LogP contribution is -2.43. The minimum Gasteiger partial charge on any atom is -0.340 e. The monoisotopic (exact) mass is 377 g/mol. The normalized spacial score (nSPS) is 18.2. The van der Waals surface area contributed by atoms with Crippen LogP contribution in [0.1, 0.15) is 31.2 Å². The van der Waals surface area contributed by atoms with E-state index in [1.165, 1.54) is 4.90 Å². The average molecular weight is 378 g/mol. The van der Waals surface area contributed by atoms with Gasteiger partial charge in [0.25, 0.3) is 0 Å². The topological polar surface area (TPSA) is 78.0 Å². The third-order valence-electron chi connectivity index (χ3n) is 4.83. The van der Waals surface area contributed by atoms with E-state index in [-0.39, 0.29) is 6.04 Å². The molecule has 1 aliphatic carbocycles. The van der Waals surface area contributed by atoms with Crippen LogP contribution in [0.4, 0.5) is 4.79 Å². The standard InChI is InChI=1S/C18H20ClN3O4/c1-20(10-12-6-8-13(19)9-7-12)15(23)11-21-16(24)17(25)22(18(21)26)14-4-2-3-5-14/h6-9,14H,2-5,10-11H2,1H3. The number of hydrogen-bond donors (Lipinski definition) is 0. The van der Waals surface area contributed by atoms with Crippen molar-refractivity contribution in [3.63, 3.8) is 0 Å². The zero-order valence-corrected chi connectivity index (χ0v) is 15.2. The van der Waals surface area contributed by atoms with Gasteiger partial charge in [0.15, 0.2) is 0 Å². The van der Waals surface area contributed by atoms with Crippen molar-refractivity contribution in [3.8, 4) is 0 Å². The zero-order chi connectivity index (χ0) is 18.8. The number of rotatable bonds is 5. The van der Waals surface area contributed by atoms with Crippen molar-refractivity contribution in [2.24, 2.45) is 0 Å². The van der Waals surface area contributed by atoms with Crippen LogP contribution in [-0.4, -0.2) is 58.1 Å². The van der Waals surface area contributed by atoms with E-state index in [2.05, 4.69) is 0 Å². The summed E-state index contributed by atoms with van der Waals surface area (Å²) in [7, 11) is 1.58. The Kier molecular flexibility index (Phi) is 5.27. The van der Waals surface area contributed by atoms with Crippen LogP contribution in [0.25, 0.3) is 0 Å². The van der Waals surface area contributed by atoms with E-state index in [9.17, 15) is 19.2 Å². The van der Waals surface area contributed by atoms with Crippen molar-refractivity contribution in [2.75, 3.05) is 13.6 Å². The SMILES string of the molecule is CN(Cc1ccc(Cl)cc1)C(=O)CN1C(=O)C(=O)N(C2CCCC2)C1=O. The molecule has 2 fully saturated rings. The first kappa shape index (κ1) is 18.4. The van der Waals surface area contributed by atoms with Crippen molar-refractivity contribution in [1.82, 2.24) is 14.7 Å². The molecule has 7 nitrogen and oxygen atoms in total. The Morgan fingerprint density at radius 2 is 1.73 bits per heavy atom. The largest absolute Gasteiger partial charge is 0.340 e. The first-order valence-corrected chi connectivity index (χ1v) is 8.93. The Morgan fingerprint density at radius 3 is 2.35 bits per heavy atom. The van der Waals surface area contributed by atoms with Crippen molar-refractivity contribution >= 4 is 35.4 Å². The van der Waals surface area contributed by atoms with Gasteiger partial charge in [-0.1, -0.05) is 36.6 Å². The molecule has 0 atom stereocenters. The average Bonchev–Trinajstić information content (AvgIpc) is 3.20. The molecule has 0 aromatic heterocycles. The molecule has 5 amide bonds. The van der Waals surface area contributed by atoms with Gasteiger partial charge in [-0.3, -0.25) is 19.3 Å². The highest BCUT2D eigenvalue weighted by Crippen LogP contribution is 2.27. The van der Waals surface area contributed by atoms with Crippen LogP contribution in [-0.2, 0) is 20.9 Å². The van der Waals surface area contributed by atoms with E-state index in [1.807, 2.05) is 0 Å². The first-order chi connectivity index (χ1) is 12.4. The van der Waals surface area contributed by atoms with Gasteiger partial charge < -0.3 is 4.90 Å². The van der Waals surface area contributed by atoms with Crippen LogP contribution < -0.4 is 0 Å². The lowest BCUT2D eigenvalue weighted by atomic mass is 10.2. The Balaban J connectivity index is 1.64. The lowest BCUT2D eigenvalue weighted by molar-refractivity contribution is -0.145. The summed E-state index contributed by atoms with van der Waals surface area (Å²) < 4.78 is 0. The molecule has 1 saturated carbocycles. The molecule has 0 N–H and O–H groups in total. The van der Waals surface area contributed by atoms with Gasteiger partial charge in [0.05, 0.1) is 0 Å². The molecule has 0 spiro atoms. The fourth-order valence-electron chi connectivity index (χ4n) is 3.35. The van der Waals surface area contributed by atoms with Gasteiger partial charge >= 0.3 is 17.8 Å². The number of nitrogens with zero attached hydrogens (tertiary/aromatic N) is 3. The zero-order valence-electron chi connectivity index (χ0n) is 14.5. The Hall–Kier alpha value is -2.41. The van der Waals surface area contributed by atoms with Gasteiger partial charge in [-0.05, 0) is 30.5 Å². The molecule has 1 aliphatic heterocycles. The molecule has 3 rings (SSSR count). The summed E-state index contributed by atoms with van der Waals surface area (Å²) >= 11 is 5.84. The fourth-order valence-corrected chi connectivity index (χ4v) is 3.48. The number of hydrogen-bond acceptors (Lipinski definition) is 4. The number of likely N-dealkylation sites (N-methyl/N-ethyl adjacent to an activating group) is 1. The third kappa shape index (κ3) is 3.58. The summed E-state index contributed by atoms with van der Waals surface area (Å²) in [4.78, 5) is 52.4. The Bertz CT molecular complexity index is 743. The van der Waals surface area contributed by atoms with E-state index < -0.39 is 30.3 Å². The van der Waals surface area contributed by atoms with Crippen molar-refractivity contribution in [1.29, 1.82) is 0 Å². The summed E-state index contributed by atoms with van der Waals surface area (Å²) in [6, 6.07) is 6.13. The molecular formula is C18H20ClN3O4. The molecule has 0 bridgehead atoms. The van der Waals surface area contributed by atoms with E-state index in [0.717, 1.165) is 28.2 Å². The summed E-state index contributed by atoms with van der Waals surface area (Å²) in [5.41, 5.74) is 0.869. The molecule has 1 saturated heterocycles. The van der Waals surface area contributed by atoms with E-state index in [0.29, 0.717) is 24.4 Å². The maximum absolute atomic E-state index is 12.5. The van der Waals surface area contributed by atoms with Gasteiger partial charge in [-0.2, -0.15) is 0 Å². The number of halogens is 1. The highest BCUT2D eigenvalue weighted by atomic mass is 35.5.